The van der Waals surface area contributed by atoms with E-state index in [0.717, 1.165) is 24.2 Å². The van der Waals surface area contributed by atoms with Crippen molar-refractivity contribution in [3.05, 3.63) is 29.8 Å². The molecular weight excluding hydrogens is 262 g/mol. The van der Waals surface area contributed by atoms with Crippen molar-refractivity contribution in [2.45, 2.75) is 50.7 Å². The second kappa shape index (κ2) is 6.80. The summed E-state index contributed by atoms with van der Waals surface area (Å²) in [6.45, 7) is 2.30. The summed E-state index contributed by atoms with van der Waals surface area (Å²) >= 11 is 0. The molecule has 0 radical (unpaired) electrons. The van der Waals surface area contributed by atoms with Gasteiger partial charge in [-0.3, -0.25) is 0 Å². The maximum Gasteiger partial charge on any atom is 0.122 e. The smallest absolute Gasteiger partial charge is 0.122 e. The van der Waals surface area contributed by atoms with Crippen LogP contribution in [-0.4, -0.2) is 42.9 Å². The number of para-hydroxylation sites is 1. The monoisotopic (exact) mass is 291 g/mol. The maximum atomic E-state index is 11.0. The first-order valence-corrected chi connectivity index (χ1v) is 7.97. The molecule has 2 rings (SSSR count). The van der Waals surface area contributed by atoms with E-state index >= 15 is 0 Å². The van der Waals surface area contributed by atoms with Crippen LogP contribution in [0.2, 0.25) is 0 Å². The third-order valence-corrected chi connectivity index (χ3v) is 5.13. The van der Waals surface area contributed by atoms with E-state index in [1.165, 1.54) is 12.8 Å². The lowest BCUT2D eigenvalue weighted by Gasteiger charge is -2.48. The van der Waals surface area contributed by atoms with Gasteiger partial charge in [-0.2, -0.15) is 0 Å². The zero-order valence-corrected chi connectivity index (χ0v) is 13.8. The molecule has 118 valence electrons. The number of hydrogen-bond acceptors (Lipinski definition) is 3. The van der Waals surface area contributed by atoms with Crippen LogP contribution >= 0.6 is 0 Å². The fourth-order valence-corrected chi connectivity index (χ4v) is 3.84. The zero-order chi connectivity index (χ0) is 15.5. The fourth-order valence-electron chi connectivity index (χ4n) is 3.84. The number of nitrogens with zero attached hydrogens (tertiary/aromatic N) is 1. The van der Waals surface area contributed by atoms with E-state index in [2.05, 4.69) is 32.0 Å². The van der Waals surface area contributed by atoms with Crippen molar-refractivity contribution in [3.63, 3.8) is 0 Å². The van der Waals surface area contributed by atoms with E-state index in [9.17, 15) is 5.11 Å². The summed E-state index contributed by atoms with van der Waals surface area (Å²) < 4.78 is 5.42. The van der Waals surface area contributed by atoms with Crippen LogP contribution in [0.1, 0.15) is 38.2 Å². The minimum absolute atomic E-state index is 0.113. The molecule has 1 aromatic rings. The van der Waals surface area contributed by atoms with Gasteiger partial charge in [0.15, 0.2) is 0 Å². The highest BCUT2D eigenvalue weighted by molar-refractivity contribution is 5.34. The Balaban J connectivity index is 2.21. The molecule has 3 unspecified atom stereocenters. The molecule has 1 fully saturated rings. The molecule has 3 atom stereocenters. The normalized spacial score (nSPS) is 27.6. The minimum Gasteiger partial charge on any atom is -0.496 e. The highest BCUT2D eigenvalue weighted by Crippen LogP contribution is 2.39. The van der Waals surface area contributed by atoms with Crippen LogP contribution in [-0.2, 0) is 6.42 Å². The number of ether oxygens (including phenoxy) is 1. The van der Waals surface area contributed by atoms with Crippen molar-refractivity contribution in [3.8, 4) is 5.75 Å². The molecule has 1 aromatic carbocycles. The average molecular weight is 291 g/mol. The highest BCUT2D eigenvalue weighted by Gasteiger charge is 2.43. The van der Waals surface area contributed by atoms with Crippen molar-refractivity contribution in [2.75, 3.05) is 21.2 Å². The van der Waals surface area contributed by atoms with Gasteiger partial charge in [-0.25, -0.2) is 0 Å². The van der Waals surface area contributed by atoms with Crippen LogP contribution in [0.4, 0.5) is 0 Å². The Bertz CT molecular complexity index is 460. The summed E-state index contributed by atoms with van der Waals surface area (Å²) in [5.41, 5.74) is 0.977. The number of hydrogen-bond donors (Lipinski definition) is 1. The van der Waals surface area contributed by atoms with Gasteiger partial charge in [-0.15, -0.1) is 0 Å². The lowest BCUT2D eigenvalue weighted by molar-refractivity contribution is -0.0426. The molecule has 1 saturated carbocycles. The van der Waals surface area contributed by atoms with E-state index in [-0.39, 0.29) is 11.6 Å². The van der Waals surface area contributed by atoms with Crippen LogP contribution < -0.4 is 4.74 Å². The Labute approximate surface area is 128 Å². The first-order valence-electron chi connectivity index (χ1n) is 7.97. The average Bonchev–Trinajstić information content (AvgIpc) is 2.47. The molecule has 0 aromatic heterocycles. The summed E-state index contributed by atoms with van der Waals surface area (Å²) in [7, 11) is 5.89. The number of methoxy groups -OCH3 is 1. The van der Waals surface area contributed by atoms with Crippen molar-refractivity contribution in [2.24, 2.45) is 5.92 Å². The van der Waals surface area contributed by atoms with E-state index in [4.69, 9.17) is 4.74 Å². The third-order valence-electron chi connectivity index (χ3n) is 5.13. The van der Waals surface area contributed by atoms with Crippen LogP contribution in [0.3, 0.4) is 0 Å². The topological polar surface area (TPSA) is 32.7 Å². The molecule has 0 spiro atoms. The van der Waals surface area contributed by atoms with Gasteiger partial charge in [-0.05, 0) is 44.5 Å². The summed E-state index contributed by atoms with van der Waals surface area (Å²) in [4.78, 5) is 2.24. The van der Waals surface area contributed by atoms with Gasteiger partial charge in [0.25, 0.3) is 0 Å². The van der Waals surface area contributed by atoms with Gasteiger partial charge in [0.05, 0.1) is 13.2 Å². The Morgan fingerprint density at radius 1 is 1.38 bits per heavy atom. The molecule has 0 saturated heterocycles. The van der Waals surface area contributed by atoms with Crippen molar-refractivity contribution < 1.29 is 9.84 Å². The van der Waals surface area contributed by atoms with Gasteiger partial charge in [0, 0.05) is 12.0 Å². The molecule has 0 aliphatic heterocycles. The summed E-state index contributed by atoms with van der Waals surface area (Å²) in [5, 5.41) is 11.0. The maximum absolute atomic E-state index is 11.0. The molecule has 0 amide bonds. The van der Waals surface area contributed by atoms with E-state index in [1.807, 2.05) is 18.2 Å². The first-order chi connectivity index (χ1) is 9.99. The Hall–Kier alpha value is -1.06. The van der Waals surface area contributed by atoms with Gasteiger partial charge >= 0.3 is 0 Å². The predicted molar refractivity (Wildman–Crippen MR) is 86.8 cm³/mol. The number of likely N-dealkylation sites (N-methyl/N-ethyl adjacent to an activating group) is 1. The molecule has 0 bridgehead atoms. The highest BCUT2D eigenvalue weighted by atomic mass is 16.5. The van der Waals surface area contributed by atoms with Gasteiger partial charge in [-0.1, -0.05) is 38.0 Å². The minimum atomic E-state index is -0.369. The summed E-state index contributed by atoms with van der Waals surface area (Å²) in [5.74, 6) is 1.54. The Morgan fingerprint density at radius 3 is 2.71 bits per heavy atom. The quantitative estimate of drug-likeness (QED) is 0.905. The molecule has 0 heterocycles. The molecule has 21 heavy (non-hydrogen) atoms. The number of rotatable bonds is 5. The predicted octanol–water partition coefficient (Wildman–Crippen LogP) is 3.11. The second-order valence-corrected chi connectivity index (χ2v) is 6.73. The van der Waals surface area contributed by atoms with Crippen molar-refractivity contribution in [1.82, 2.24) is 4.90 Å². The zero-order valence-electron chi connectivity index (χ0n) is 13.8. The third kappa shape index (κ3) is 3.41. The Morgan fingerprint density at radius 2 is 2.10 bits per heavy atom. The van der Waals surface area contributed by atoms with Crippen LogP contribution in [0.5, 0.6) is 5.75 Å². The van der Waals surface area contributed by atoms with Gasteiger partial charge in [0.2, 0.25) is 0 Å². The molecule has 1 N–H and O–H groups in total. The number of benzene rings is 1. The standard InChI is InChI=1S/C18H29NO2/c1-14-8-7-11-18(13-14,19(2)3)17(20)12-15-9-5-6-10-16(15)21-4/h5-6,9-10,14,17,20H,7-8,11-13H2,1-4H3. The Kier molecular flexibility index (Phi) is 5.28. The fraction of sp³-hybridized carbons (Fsp3) is 0.667. The first kappa shape index (κ1) is 16.3. The van der Waals surface area contributed by atoms with Gasteiger partial charge < -0.3 is 14.7 Å². The molecule has 1 aliphatic rings. The largest absolute Gasteiger partial charge is 0.496 e. The second-order valence-electron chi connectivity index (χ2n) is 6.73. The van der Waals surface area contributed by atoms with Crippen molar-refractivity contribution in [1.29, 1.82) is 0 Å². The summed E-state index contributed by atoms with van der Waals surface area (Å²) in [6, 6.07) is 8.00. The SMILES string of the molecule is COc1ccccc1CC(O)C1(N(C)C)CCCC(C)C1. The molecule has 1 aliphatic carbocycles. The number of aliphatic hydroxyl groups is 1. The van der Waals surface area contributed by atoms with Crippen LogP contribution in [0.25, 0.3) is 0 Å². The lowest BCUT2D eigenvalue weighted by Crippen LogP contribution is -2.56. The van der Waals surface area contributed by atoms with Crippen LogP contribution in [0.15, 0.2) is 24.3 Å². The molecular formula is C18H29NO2. The van der Waals surface area contributed by atoms with E-state index < -0.39 is 0 Å². The van der Waals surface area contributed by atoms with Gasteiger partial charge in [0.1, 0.15) is 5.75 Å². The van der Waals surface area contributed by atoms with Crippen LogP contribution in [0, 0.1) is 5.92 Å². The molecule has 3 heteroatoms. The lowest BCUT2D eigenvalue weighted by atomic mass is 9.71. The number of aliphatic hydroxyl groups excluding tert-OH is 1. The van der Waals surface area contributed by atoms with E-state index in [0.29, 0.717) is 12.3 Å². The molecule has 3 nitrogen and oxygen atoms in total. The van der Waals surface area contributed by atoms with E-state index in [1.54, 1.807) is 7.11 Å². The summed E-state index contributed by atoms with van der Waals surface area (Å²) in [6.07, 6.45) is 4.89. The van der Waals surface area contributed by atoms with Crippen molar-refractivity contribution >= 4 is 0 Å².